The molecule has 8 nitrogen and oxygen atoms in total. The number of amides is 3. The number of anilines is 2. The fraction of sp³-hybridized carbons (Fsp3) is 0.167. The van der Waals surface area contributed by atoms with E-state index in [1.807, 2.05) is 35.0 Å². The summed E-state index contributed by atoms with van der Waals surface area (Å²) in [6.45, 7) is 2.14. The van der Waals surface area contributed by atoms with Gasteiger partial charge in [0.05, 0.1) is 11.4 Å². The van der Waals surface area contributed by atoms with Crippen LogP contribution in [0.15, 0.2) is 89.6 Å². The van der Waals surface area contributed by atoms with Crippen molar-refractivity contribution in [1.29, 1.82) is 0 Å². The van der Waals surface area contributed by atoms with E-state index in [-0.39, 0.29) is 18.9 Å². The van der Waals surface area contributed by atoms with Crippen molar-refractivity contribution >= 4 is 40.6 Å². The van der Waals surface area contributed by atoms with Crippen LogP contribution < -0.4 is 21.5 Å². The highest BCUT2D eigenvalue weighted by Crippen LogP contribution is 2.29. The Hall–Kier alpha value is -4.63. The number of carboxylic acid groups (broad SMARTS) is 1. The molecule has 200 valence electrons. The first-order valence-electron chi connectivity index (χ1n) is 12.5. The van der Waals surface area contributed by atoms with E-state index in [1.54, 1.807) is 72.9 Å². The summed E-state index contributed by atoms with van der Waals surface area (Å²) >= 11 is 1.59. The molecule has 0 aliphatic rings. The van der Waals surface area contributed by atoms with Gasteiger partial charge in [-0.15, -0.1) is 0 Å². The van der Waals surface area contributed by atoms with E-state index in [2.05, 4.69) is 10.6 Å². The highest BCUT2D eigenvalue weighted by molar-refractivity contribution is 7.08. The molecule has 4 aromatic rings. The summed E-state index contributed by atoms with van der Waals surface area (Å²) in [6.07, 6.45) is -1.32. The van der Waals surface area contributed by atoms with E-state index in [9.17, 15) is 19.5 Å². The zero-order valence-electron chi connectivity index (χ0n) is 21.4. The summed E-state index contributed by atoms with van der Waals surface area (Å²) < 4.78 is 0. The number of benzene rings is 3. The molecule has 0 aliphatic heterocycles. The van der Waals surface area contributed by atoms with Crippen LogP contribution in [0.1, 0.15) is 28.4 Å². The van der Waals surface area contributed by atoms with Gasteiger partial charge in [-0.25, -0.2) is 0 Å². The molecule has 4 rings (SSSR count). The molecule has 0 unspecified atom stereocenters. The van der Waals surface area contributed by atoms with Crippen LogP contribution in [0.2, 0.25) is 0 Å². The number of hydrogen-bond donors (Lipinski definition) is 3. The van der Waals surface area contributed by atoms with Crippen LogP contribution in [-0.2, 0) is 17.8 Å². The number of carbonyl (C=O) groups is 3. The van der Waals surface area contributed by atoms with E-state index in [0.29, 0.717) is 29.0 Å². The highest BCUT2D eigenvalue weighted by atomic mass is 32.1. The quantitative estimate of drug-likeness (QED) is 0.260. The Morgan fingerprint density at radius 1 is 0.949 bits per heavy atom. The molecule has 9 heteroatoms. The number of rotatable bonds is 10. The fourth-order valence-electron chi connectivity index (χ4n) is 4.20. The molecule has 4 N–H and O–H groups in total. The summed E-state index contributed by atoms with van der Waals surface area (Å²) in [5.41, 5.74) is 10.9. The van der Waals surface area contributed by atoms with Gasteiger partial charge in [0.25, 0.3) is 5.91 Å². The van der Waals surface area contributed by atoms with Gasteiger partial charge in [-0.3, -0.25) is 9.59 Å². The topological polar surface area (TPSA) is 128 Å². The Balaban J connectivity index is 1.50. The molecule has 0 saturated heterocycles. The van der Waals surface area contributed by atoms with E-state index in [0.717, 1.165) is 21.6 Å². The maximum absolute atomic E-state index is 13.0. The highest BCUT2D eigenvalue weighted by Gasteiger charge is 2.26. The molecule has 3 aromatic carbocycles. The van der Waals surface area contributed by atoms with Gasteiger partial charge >= 0.3 is 0 Å². The Kier molecular flexibility index (Phi) is 8.96. The molecule has 39 heavy (non-hydrogen) atoms. The number of nitrogen functional groups attached to an aromatic ring is 1. The van der Waals surface area contributed by atoms with E-state index in [4.69, 9.17) is 5.73 Å². The summed E-state index contributed by atoms with van der Waals surface area (Å²) in [5.74, 6) is -0.753. The third-order valence-corrected chi connectivity index (χ3v) is 6.94. The van der Waals surface area contributed by atoms with E-state index in [1.165, 1.54) is 0 Å². The minimum atomic E-state index is -1.44. The lowest BCUT2D eigenvalue weighted by molar-refractivity contribution is -0.268. The lowest BCUT2D eigenvalue weighted by atomic mass is 10.0. The predicted molar refractivity (Wildman–Crippen MR) is 152 cm³/mol. The van der Waals surface area contributed by atoms with Gasteiger partial charge in [0, 0.05) is 25.1 Å². The second-order valence-corrected chi connectivity index (χ2v) is 9.74. The van der Waals surface area contributed by atoms with Crippen LogP contribution in [0.4, 0.5) is 16.2 Å². The normalized spacial score (nSPS) is 11.4. The number of nitrogens with zero attached hydrogens (tertiary/aromatic N) is 1. The first-order valence-corrected chi connectivity index (χ1v) is 13.4. The van der Waals surface area contributed by atoms with E-state index < -0.39 is 18.0 Å². The van der Waals surface area contributed by atoms with Crippen LogP contribution in [-0.4, -0.2) is 35.4 Å². The second-order valence-electron chi connectivity index (χ2n) is 8.96. The lowest BCUT2D eigenvalue weighted by Crippen LogP contribution is -2.54. The summed E-state index contributed by atoms with van der Waals surface area (Å²) in [7, 11) is 0. The van der Waals surface area contributed by atoms with Crippen molar-refractivity contribution in [3.05, 3.63) is 106 Å². The van der Waals surface area contributed by atoms with Crippen LogP contribution in [0, 0.1) is 0 Å². The molecule has 0 radical (unpaired) electrons. The van der Waals surface area contributed by atoms with E-state index >= 15 is 0 Å². The minimum absolute atomic E-state index is 0.0112. The number of carbonyl (C=O) groups excluding carboxylic acids is 3. The zero-order valence-corrected chi connectivity index (χ0v) is 22.2. The molecule has 3 amide bonds. The molecular weight excluding hydrogens is 512 g/mol. The molecular formula is C30H29N4O4S-. The Labute approximate surface area is 231 Å². The molecule has 0 fully saturated rings. The molecule has 0 saturated carbocycles. The van der Waals surface area contributed by atoms with Crippen molar-refractivity contribution in [2.24, 2.45) is 0 Å². The van der Waals surface area contributed by atoms with Gasteiger partial charge in [0.2, 0.25) is 5.91 Å². The monoisotopic (exact) mass is 541 g/mol. The van der Waals surface area contributed by atoms with Crippen molar-refractivity contribution in [3.8, 4) is 11.1 Å². The van der Waals surface area contributed by atoms with Gasteiger partial charge in [-0.2, -0.15) is 11.3 Å². The maximum Gasteiger partial charge on any atom is 0.255 e. The average molecular weight is 542 g/mol. The van der Waals surface area contributed by atoms with Crippen LogP contribution in [0.5, 0.6) is 0 Å². The van der Waals surface area contributed by atoms with Crippen molar-refractivity contribution in [3.63, 3.8) is 0 Å². The smallest absolute Gasteiger partial charge is 0.255 e. The molecule has 0 spiro atoms. The van der Waals surface area contributed by atoms with Gasteiger partial charge in [-0.05, 0) is 70.3 Å². The largest absolute Gasteiger partial charge is 0.530 e. The fourth-order valence-corrected chi connectivity index (χ4v) is 4.87. The Bertz CT molecular complexity index is 1420. The SMILES string of the molecule is CCNC(=O)[C@H](Cc1ccc(C(=O)Nc2cc(-c3ccsc3)ccc2N)cc1)N(Cc1ccccc1)C(=O)[O-]. The van der Waals surface area contributed by atoms with Gasteiger partial charge in [0.1, 0.15) is 12.1 Å². The zero-order chi connectivity index (χ0) is 27.8. The van der Waals surface area contributed by atoms with Crippen LogP contribution in [0.3, 0.4) is 0 Å². The number of likely N-dealkylation sites (N-methyl/N-ethyl adjacent to an activating group) is 1. The summed E-state index contributed by atoms with van der Waals surface area (Å²) in [5, 5.41) is 21.6. The van der Waals surface area contributed by atoms with Crippen molar-refractivity contribution in [2.45, 2.75) is 25.9 Å². The van der Waals surface area contributed by atoms with Crippen molar-refractivity contribution in [2.75, 3.05) is 17.6 Å². The predicted octanol–water partition coefficient (Wildman–Crippen LogP) is 4.14. The molecule has 1 aromatic heterocycles. The standard InChI is InChI=1S/C30H30N4O4S/c1-2-32-29(36)27(34(30(37)38)18-21-6-4-3-5-7-21)16-20-8-10-22(11-9-20)28(35)33-26-17-23(12-13-25(26)31)24-14-15-39-19-24/h3-15,17,19,27H,2,16,18,31H2,1H3,(H,32,36)(H,33,35)(H,37,38)/p-1/t27-/m0/s1. The van der Waals surface area contributed by atoms with Gasteiger partial charge in [0.15, 0.2) is 0 Å². The van der Waals surface area contributed by atoms with Gasteiger partial charge in [-0.1, -0.05) is 48.5 Å². The molecule has 1 atom stereocenters. The lowest BCUT2D eigenvalue weighted by Gasteiger charge is -2.33. The first-order chi connectivity index (χ1) is 18.9. The first kappa shape index (κ1) is 27.4. The van der Waals surface area contributed by atoms with Crippen molar-refractivity contribution in [1.82, 2.24) is 10.2 Å². The molecule has 0 aliphatic carbocycles. The maximum atomic E-state index is 13.0. The number of nitrogens with one attached hydrogen (secondary N) is 2. The number of nitrogens with two attached hydrogens (primary N) is 1. The Morgan fingerprint density at radius 3 is 2.33 bits per heavy atom. The molecule has 0 bridgehead atoms. The summed E-state index contributed by atoms with van der Waals surface area (Å²) in [4.78, 5) is 38.9. The van der Waals surface area contributed by atoms with Gasteiger partial charge < -0.3 is 31.2 Å². The van der Waals surface area contributed by atoms with Crippen LogP contribution >= 0.6 is 11.3 Å². The van der Waals surface area contributed by atoms with Crippen molar-refractivity contribution < 1.29 is 19.5 Å². The minimum Gasteiger partial charge on any atom is -0.530 e. The number of hydrogen-bond acceptors (Lipinski definition) is 6. The Morgan fingerprint density at radius 2 is 1.69 bits per heavy atom. The third kappa shape index (κ3) is 7.03. The number of thiophene rings is 1. The average Bonchev–Trinajstić information content (AvgIpc) is 3.48. The summed E-state index contributed by atoms with van der Waals surface area (Å²) in [6, 6.07) is 22.2. The molecule has 1 heterocycles. The third-order valence-electron chi connectivity index (χ3n) is 6.26. The van der Waals surface area contributed by atoms with Crippen LogP contribution in [0.25, 0.3) is 11.1 Å². The second kappa shape index (κ2) is 12.7.